The Morgan fingerprint density at radius 3 is 2.73 bits per heavy atom. The highest BCUT2D eigenvalue weighted by molar-refractivity contribution is 5.72. The molecule has 0 saturated carbocycles. The fourth-order valence-electron chi connectivity index (χ4n) is 0.740. The highest BCUT2D eigenvalue weighted by Crippen LogP contribution is 2.07. The summed E-state index contributed by atoms with van der Waals surface area (Å²) in [7, 11) is 0. The smallest absolute Gasteiger partial charge is 0.334 e. The van der Waals surface area contributed by atoms with E-state index in [4.69, 9.17) is 20.3 Å². The quantitative estimate of drug-likeness (QED) is 0.542. The Kier molecular flexibility index (Phi) is 2.81. The van der Waals surface area contributed by atoms with Crippen molar-refractivity contribution in [2.24, 2.45) is 5.73 Å². The molecule has 64 valence electrons. The SMILES string of the molecule is NCC(OC1COC1)C(=O)O. The van der Waals surface area contributed by atoms with Crippen molar-refractivity contribution in [3.05, 3.63) is 0 Å². The minimum atomic E-state index is -1.01. The maximum absolute atomic E-state index is 10.4. The number of carbonyl (C=O) groups is 1. The number of nitrogens with two attached hydrogens (primary N) is 1. The molecule has 5 nitrogen and oxygen atoms in total. The van der Waals surface area contributed by atoms with Gasteiger partial charge in [0.25, 0.3) is 0 Å². The highest BCUT2D eigenvalue weighted by atomic mass is 16.6. The predicted octanol–water partition coefficient (Wildman–Crippen LogP) is -1.19. The van der Waals surface area contributed by atoms with E-state index in [-0.39, 0.29) is 12.6 Å². The molecule has 0 radical (unpaired) electrons. The summed E-state index contributed by atoms with van der Waals surface area (Å²) in [6.45, 7) is 0.958. The molecule has 11 heavy (non-hydrogen) atoms. The third kappa shape index (κ3) is 2.14. The van der Waals surface area contributed by atoms with Crippen LogP contribution in [0.15, 0.2) is 0 Å². The van der Waals surface area contributed by atoms with Gasteiger partial charge in [0, 0.05) is 6.54 Å². The summed E-state index contributed by atoms with van der Waals surface area (Å²) in [6, 6.07) is 0. The number of aliphatic carboxylic acids is 1. The Bertz CT molecular complexity index is 146. The minimum absolute atomic E-state index is 0.00579. The van der Waals surface area contributed by atoms with E-state index in [1.807, 2.05) is 0 Å². The average Bonchev–Trinajstić information content (AvgIpc) is 1.85. The van der Waals surface area contributed by atoms with E-state index in [0.29, 0.717) is 13.2 Å². The lowest BCUT2D eigenvalue weighted by Crippen LogP contribution is -2.44. The van der Waals surface area contributed by atoms with Gasteiger partial charge in [0.15, 0.2) is 6.10 Å². The molecule has 1 aliphatic rings. The van der Waals surface area contributed by atoms with Crippen LogP contribution in [0.3, 0.4) is 0 Å². The second-order valence-electron chi connectivity index (χ2n) is 2.36. The molecule has 0 aromatic heterocycles. The molecule has 1 atom stereocenters. The third-order valence-electron chi connectivity index (χ3n) is 1.45. The molecule has 1 saturated heterocycles. The molecule has 0 aromatic carbocycles. The van der Waals surface area contributed by atoms with E-state index in [2.05, 4.69) is 0 Å². The molecule has 0 spiro atoms. The van der Waals surface area contributed by atoms with Crippen LogP contribution in [0, 0.1) is 0 Å². The molecule has 0 aliphatic carbocycles. The summed E-state index contributed by atoms with van der Waals surface area (Å²) in [5, 5.41) is 8.50. The Morgan fingerprint density at radius 2 is 2.45 bits per heavy atom. The van der Waals surface area contributed by atoms with Gasteiger partial charge in [-0.3, -0.25) is 0 Å². The summed E-state index contributed by atoms with van der Waals surface area (Å²) in [6.07, 6.45) is -0.969. The first-order valence-corrected chi connectivity index (χ1v) is 3.40. The molecule has 1 heterocycles. The van der Waals surface area contributed by atoms with Crippen molar-refractivity contribution >= 4 is 5.97 Å². The van der Waals surface area contributed by atoms with Crippen LogP contribution in [-0.4, -0.2) is 43.0 Å². The fourth-order valence-corrected chi connectivity index (χ4v) is 0.740. The number of hydrogen-bond acceptors (Lipinski definition) is 4. The Hall–Kier alpha value is -0.650. The second-order valence-corrected chi connectivity index (χ2v) is 2.36. The number of carboxylic acids is 1. The van der Waals surface area contributed by atoms with Crippen LogP contribution in [0.1, 0.15) is 0 Å². The molecule has 1 rings (SSSR count). The van der Waals surface area contributed by atoms with Crippen LogP contribution >= 0.6 is 0 Å². The third-order valence-corrected chi connectivity index (χ3v) is 1.45. The van der Waals surface area contributed by atoms with Crippen molar-refractivity contribution < 1.29 is 19.4 Å². The largest absolute Gasteiger partial charge is 0.479 e. The van der Waals surface area contributed by atoms with E-state index >= 15 is 0 Å². The van der Waals surface area contributed by atoms with Gasteiger partial charge in [0.05, 0.1) is 13.2 Å². The van der Waals surface area contributed by atoms with Crippen molar-refractivity contribution in [2.75, 3.05) is 19.8 Å². The lowest BCUT2D eigenvalue weighted by atomic mass is 10.3. The zero-order valence-corrected chi connectivity index (χ0v) is 6.03. The molecule has 1 fully saturated rings. The molecule has 5 heteroatoms. The molecule has 1 aliphatic heterocycles. The lowest BCUT2D eigenvalue weighted by Gasteiger charge is -2.28. The first kappa shape index (κ1) is 8.45. The second kappa shape index (κ2) is 3.66. The standard InChI is InChI=1S/C6H11NO4/c7-1-5(6(8)9)11-4-2-10-3-4/h4-5H,1-3,7H2,(H,8,9). The van der Waals surface area contributed by atoms with Crippen molar-refractivity contribution in [3.63, 3.8) is 0 Å². The number of ether oxygens (including phenoxy) is 2. The van der Waals surface area contributed by atoms with E-state index in [1.165, 1.54) is 0 Å². The van der Waals surface area contributed by atoms with Crippen LogP contribution in [0.2, 0.25) is 0 Å². The molecular formula is C6H11NO4. The summed E-state index contributed by atoms with van der Waals surface area (Å²) in [5.41, 5.74) is 5.15. The number of carboxylic acid groups (broad SMARTS) is 1. The number of hydrogen-bond donors (Lipinski definition) is 2. The van der Waals surface area contributed by atoms with Crippen LogP contribution in [0.25, 0.3) is 0 Å². The Labute approximate surface area is 64.1 Å². The van der Waals surface area contributed by atoms with Crippen LogP contribution in [0.5, 0.6) is 0 Å². The van der Waals surface area contributed by atoms with Gasteiger partial charge in [0.2, 0.25) is 0 Å². The Balaban J connectivity index is 2.24. The summed E-state index contributed by atoms with van der Waals surface area (Å²) < 4.78 is 9.85. The van der Waals surface area contributed by atoms with E-state index in [1.54, 1.807) is 0 Å². The number of rotatable bonds is 4. The summed E-state index contributed by atoms with van der Waals surface area (Å²) in [5.74, 6) is -1.01. The highest BCUT2D eigenvalue weighted by Gasteiger charge is 2.26. The molecule has 0 amide bonds. The van der Waals surface area contributed by atoms with Gasteiger partial charge >= 0.3 is 5.97 Å². The maximum Gasteiger partial charge on any atom is 0.334 e. The normalized spacial score (nSPS) is 20.8. The Morgan fingerprint density at radius 1 is 1.82 bits per heavy atom. The maximum atomic E-state index is 10.4. The summed E-state index contributed by atoms with van der Waals surface area (Å²) in [4.78, 5) is 10.4. The molecule has 3 N–H and O–H groups in total. The topological polar surface area (TPSA) is 81.8 Å². The van der Waals surface area contributed by atoms with Crippen LogP contribution in [0.4, 0.5) is 0 Å². The predicted molar refractivity (Wildman–Crippen MR) is 36.2 cm³/mol. The van der Waals surface area contributed by atoms with Gasteiger partial charge < -0.3 is 20.3 Å². The van der Waals surface area contributed by atoms with E-state index in [9.17, 15) is 4.79 Å². The van der Waals surface area contributed by atoms with Crippen molar-refractivity contribution in [1.82, 2.24) is 0 Å². The molecule has 0 bridgehead atoms. The monoisotopic (exact) mass is 161 g/mol. The van der Waals surface area contributed by atoms with Gasteiger partial charge in [0.1, 0.15) is 6.10 Å². The van der Waals surface area contributed by atoms with Gasteiger partial charge in [-0.15, -0.1) is 0 Å². The van der Waals surface area contributed by atoms with E-state index in [0.717, 1.165) is 0 Å². The van der Waals surface area contributed by atoms with Crippen LogP contribution in [-0.2, 0) is 14.3 Å². The van der Waals surface area contributed by atoms with Gasteiger partial charge in [-0.2, -0.15) is 0 Å². The zero-order chi connectivity index (χ0) is 8.27. The zero-order valence-electron chi connectivity index (χ0n) is 6.03. The first-order chi connectivity index (χ1) is 5.24. The molecule has 0 aromatic rings. The van der Waals surface area contributed by atoms with Crippen molar-refractivity contribution in [3.8, 4) is 0 Å². The van der Waals surface area contributed by atoms with E-state index < -0.39 is 12.1 Å². The van der Waals surface area contributed by atoms with Gasteiger partial charge in [-0.05, 0) is 0 Å². The van der Waals surface area contributed by atoms with Gasteiger partial charge in [-0.1, -0.05) is 0 Å². The minimum Gasteiger partial charge on any atom is -0.479 e. The lowest BCUT2D eigenvalue weighted by molar-refractivity contribution is -0.177. The van der Waals surface area contributed by atoms with Gasteiger partial charge in [-0.25, -0.2) is 4.79 Å². The molecular weight excluding hydrogens is 150 g/mol. The molecule has 1 unspecified atom stereocenters. The van der Waals surface area contributed by atoms with Crippen molar-refractivity contribution in [1.29, 1.82) is 0 Å². The average molecular weight is 161 g/mol. The van der Waals surface area contributed by atoms with Crippen LogP contribution < -0.4 is 5.73 Å². The first-order valence-electron chi connectivity index (χ1n) is 3.40. The van der Waals surface area contributed by atoms with Crippen molar-refractivity contribution in [2.45, 2.75) is 12.2 Å². The fraction of sp³-hybridized carbons (Fsp3) is 0.833. The summed E-state index contributed by atoms with van der Waals surface area (Å²) >= 11 is 0.